The van der Waals surface area contributed by atoms with Gasteiger partial charge in [-0.2, -0.15) is 13.2 Å². The van der Waals surface area contributed by atoms with E-state index in [4.69, 9.17) is 0 Å². The predicted octanol–water partition coefficient (Wildman–Crippen LogP) is 0.572. The third kappa shape index (κ3) is 1.41. The maximum Gasteiger partial charge on any atom is 0.417 e. The molecule has 0 aromatic carbocycles. The number of hydrogen-bond acceptors (Lipinski definition) is 2. The molecule has 0 saturated carbocycles. The van der Waals surface area contributed by atoms with Crippen molar-refractivity contribution >= 4 is 0 Å². The van der Waals surface area contributed by atoms with Gasteiger partial charge >= 0.3 is 6.18 Å². The minimum Gasteiger partial charge on any atom is -0.288 e. The Morgan fingerprint density at radius 3 is 2.40 bits per heavy atom. The van der Waals surface area contributed by atoms with Crippen LogP contribution in [0, 0.1) is 6.54 Å². The first-order chi connectivity index (χ1) is 4.52. The molecule has 59 valence electrons. The summed E-state index contributed by atoms with van der Waals surface area (Å²) in [6.45, 7) is 1.74. The van der Waals surface area contributed by atoms with Crippen LogP contribution in [0.5, 0.6) is 0 Å². The lowest BCUT2D eigenvalue weighted by Crippen LogP contribution is -2.45. The molecule has 1 radical (unpaired) electrons. The molecular weight excluding hydrogens is 145 g/mol. The predicted molar refractivity (Wildman–Crippen MR) is 29.9 cm³/mol. The molecular formula is C5H8F3N2. The Morgan fingerprint density at radius 2 is 2.20 bits per heavy atom. The van der Waals surface area contributed by atoms with E-state index in [1.807, 2.05) is 0 Å². The zero-order chi connectivity index (χ0) is 7.78. The van der Waals surface area contributed by atoms with Crippen molar-refractivity contribution in [2.45, 2.75) is 12.3 Å². The molecule has 1 N–H and O–H groups in total. The van der Waals surface area contributed by atoms with Crippen molar-refractivity contribution in [3.05, 3.63) is 6.54 Å². The molecule has 5 heteroatoms. The highest BCUT2D eigenvalue weighted by Crippen LogP contribution is 2.24. The molecule has 0 aliphatic carbocycles. The Morgan fingerprint density at radius 1 is 1.60 bits per heavy atom. The second-order valence-electron chi connectivity index (χ2n) is 2.25. The molecule has 1 unspecified atom stereocenters. The van der Waals surface area contributed by atoms with Gasteiger partial charge in [0.1, 0.15) is 0 Å². The SMILES string of the molecule is CN1C[CH]NC1C(F)(F)F. The van der Waals surface area contributed by atoms with Crippen molar-refractivity contribution in [3.8, 4) is 0 Å². The van der Waals surface area contributed by atoms with Crippen molar-refractivity contribution in [3.63, 3.8) is 0 Å². The highest BCUT2D eigenvalue weighted by Gasteiger charge is 2.44. The minimum atomic E-state index is -4.16. The number of hydrogen-bond donors (Lipinski definition) is 1. The van der Waals surface area contributed by atoms with Gasteiger partial charge in [0.25, 0.3) is 0 Å². The van der Waals surface area contributed by atoms with Crippen molar-refractivity contribution in [1.29, 1.82) is 0 Å². The summed E-state index contributed by atoms with van der Waals surface area (Å²) in [5.74, 6) is 0. The van der Waals surface area contributed by atoms with Gasteiger partial charge in [-0.3, -0.25) is 10.2 Å². The molecule has 0 aromatic rings. The first kappa shape index (κ1) is 7.81. The Bertz CT molecular complexity index is 123. The van der Waals surface area contributed by atoms with Gasteiger partial charge in [-0.25, -0.2) is 0 Å². The van der Waals surface area contributed by atoms with Crippen LogP contribution >= 0.6 is 0 Å². The van der Waals surface area contributed by atoms with Crippen LogP contribution in [-0.4, -0.2) is 30.8 Å². The van der Waals surface area contributed by atoms with Crippen LogP contribution in [-0.2, 0) is 0 Å². The first-order valence-corrected chi connectivity index (χ1v) is 2.86. The molecule has 1 fully saturated rings. The van der Waals surface area contributed by atoms with E-state index in [1.165, 1.54) is 18.5 Å². The van der Waals surface area contributed by atoms with E-state index in [-0.39, 0.29) is 0 Å². The van der Waals surface area contributed by atoms with Crippen LogP contribution in [0.2, 0.25) is 0 Å². The number of likely N-dealkylation sites (N-methyl/N-ethyl adjacent to an activating group) is 1. The van der Waals surface area contributed by atoms with Gasteiger partial charge in [-0.1, -0.05) is 0 Å². The molecule has 1 rings (SSSR count). The van der Waals surface area contributed by atoms with Crippen LogP contribution < -0.4 is 5.32 Å². The summed E-state index contributed by atoms with van der Waals surface area (Å²) in [7, 11) is 1.43. The first-order valence-electron chi connectivity index (χ1n) is 2.86. The van der Waals surface area contributed by atoms with Gasteiger partial charge in [0, 0.05) is 13.1 Å². The summed E-state index contributed by atoms with van der Waals surface area (Å²) in [6, 6.07) is 0. The van der Waals surface area contributed by atoms with Gasteiger partial charge in [-0.05, 0) is 7.05 Å². The molecule has 0 aromatic heterocycles. The molecule has 1 aliphatic rings. The van der Waals surface area contributed by atoms with Gasteiger partial charge in [0.2, 0.25) is 0 Å². The van der Waals surface area contributed by atoms with Crippen molar-refractivity contribution in [2.75, 3.05) is 13.6 Å². The Kier molecular flexibility index (Phi) is 1.87. The van der Waals surface area contributed by atoms with Crippen LogP contribution in [0.1, 0.15) is 0 Å². The molecule has 2 nitrogen and oxygen atoms in total. The summed E-state index contributed by atoms with van der Waals surface area (Å²) < 4.78 is 35.7. The van der Waals surface area contributed by atoms with E-state index in [0.717, 1.165) is 0 Å². The standard InChI is InChI=1S/C5H8F3N2/c1-10-3-2-9-4(10)5(6,7)8/h2,4,9H,3H2,1H3. The Hall–Kier alpha value is -0.290. The molecule has 0 amide bonds. The maximum atomic E-state index is 11.9. The molecule has 10 heavy (non-hydrogen) atoms. The number of nitrogens with zero attached hydrogens (tertiary/aromatic N) is 1. The van der Waals surface area contributed by atoms with E-state index in [1.54, 1.807) is 0 Å². The van der Waals surface area contributed by atoms with E-state index in [2.05, 4.69) is 5.32 Å². The molecule has 0 bridgehead atoms. The fourth-order valence-corrected chi connectivity index (χ4v) is 0.885. The lowest BCUT2D eigenvalue weighted by atomic mass is 10.5. The number of halogens is 3. The summed E-state index contributed by atoms with van der Waals surface area (Å²) >= 11 is 0. The largest absolute Gasteiger partial charge is 0.417 e. The average molecular weight is 153 g/mol. The summed E-state index contributed by atoms with van der Waals surface area (Å²) in [5, 5.41) is 2.22. The maximum absolute atomic E-state index is 11.9. The van der Waals surface area contributed by atoms with E-state index < -0.39 is 12.3 Å². The zero-order valence-electron chi connectivity index (χ0n) is 5.44. The summed E-state index contributed by atoms with van der Waals surface area (Å²) in [4.78, 5) is 1.19. The Labute approximate surface area is 57.0 Å². The van der Waals surface area contributed by atoms with E-state index in [0.29, 0.717) is 6.54 Å². The topological polar surface area (TPSA) is 15.3 Å². The smallest absolute Gasteiger partial charge is 0.288 e. The number of nitrogens with one attached hydrogen (secondary N) is 1. The highest BCUT2D eigenvalue weighted by molar-refractivity contribution is 4.87. The van der Waals surface area contributed by atoms with Gasteiger partial charge in [-0.15, -0.1) is 0 Å². The van der Waals surface area contributed by atoms with Crippen LogP contribution in [0.4, 0.5) is 13.2 Å². The molecule has 1 heterocycles. The Balaban J connectivity index is 2.55. The lowest BCUT2D eigenvalue weighted by Gasteiger charge is -2.21. The van der Waals surface area contributed by atoms with Gasteiger partial charge in [0.15, 0.2) is 6.17 Å². The second kappa shape index (κ2) is 2.39. The zero-order valence-corrected chi connectivity index (χ0v) is 5.44. The van der Waals surface area contributed by atoms with Crippen LogP contribution in [0.3, 0.4) is 0 Å². The van der Waals surface area contributed by atoms with Gasteiger partial charge < -0.3 is 0 Å². The fraction of sp³-hybridized carbons (Fsp3) is 0.800. The van der Waals surface area contributed by atoms with E-state index in [9.17, 15) is 13.2 Å². The fourth-order valence-electron chi connectivity index (χ4n) is 0.885. The number of rotatable bonds is 0. The molecule has 1 aliphatic heterocycles. The summed E-state index contributed by atoms with van der Waals surface area (Å²) in [5.41, 5.74) is 0. The third-order valence-electron chi connectivity index (χ3n) is 1.41. The van der Waals surface area contributed by atoms with Crippen molar-refractivity contribution in [1.82, 2.24) is 10.2 Å². The average Bonchev–Trinajstić information content (AvgIpc) is 2.11. The van der Waals surface area contributed by atoms with Gasteiger partial charge in [0.05, 0.1) is 0 Å². The highest BCUT2D eigenvalue weighted by atomic mass is 19.4. The van der Waals surface area contributed by atoms with Crippen molar-refractivity contribution < 1.29 is 13.2 Å². The van der Waals surface area contributed by atoms with Crippen molar-refractivity contribution in [2.24, 2.45) is 0 Å². The van der Waals surface area contributed by atoms with Crippen LogP contribution in [0.25, 0.3) is 0 Å². The lowest BCUT2D eigenvalue weighted by molar-refractivity contribution is -0.178. The quantitative estimate of drug-likeness (QED) is 0.547. The molecule has 1 saturated heterocycles. The monoisotopic (exact) mass is 153 g/mol. The third-order valence-corrected chi connectivity index (χ3v) is 1.41. The summed E-state index contributed by atoms with van der Waals surface area (Å²) in [6.07, 6.45) is -5.66. The minimum absolute atomic E-state index is 0.337. The molecule has 0 spiro atoms. The normalized spacial score (nSPS) is 29.4. The molecule has 1 atom stereocenters. The number of alkyl halides is 3. The van der Waals surface area contributed by atoms with E-state index >= 15 is 0 Å². The van der Waals surface area contributed by atoms with Crippen LogP contribution in [0.15, 0.2) is 0 Å². The second-order valence-corrected chi connectivity index (χ2v) is 2.25.